The summed E-state index contributed by atoms with van der Waals surface area (Å²) >= 11 is 0. The summed E-state index contributed by atoms with van der Waals surface area (Å²) in [7, 11) is 0. The number of amides is 1. The van der Waals surface area contributed by atoms with Gasteiger partial charge in [0.25, 0.3) is 0 Å². The summed E-state index contributed by atoms with van der Waals surface area (Å²) in [6.45, 7) is 9.17. The van der Waals surface area contributed by atoms with E-state index in [2.05, 4.69) is 6.08 Å². The van der Waals surface area contributed by atoms with Gasteiger partial charge in [-0.1, -0.05) is 11.6 Å². The Kier molecular flexibility index (Phi) is 3.19. The van der Waals surface area contributed by atoms with Crippen LogP contribution in [0.5, 0.6) is 0 Å². The molecular formula is C11H19NO2. The first-order valence-electron chi connectivity index (χ1n) is 5.02. The normalized spacial score (nSPS) is 17.7. The Morgan fingerprint density at radius 2 is 2.14 bits per heavy atom. The van der Waals surface area contributed by atoms with Crippen molar-refractivity contribution in [2.24, 2.45) is 0 Å². The van der Waals surface area contributed by atoms with Gasteiger partial charge in [-0.25, -0.2) is 4.79 Å². The van der Waals surface area contributed by atoms with Crippen LogP contribution in [0.4, 0.5) is 4.79 Å². The average Bonchev–Trinajstić information content (AvgIpc) is 2.01. The zero-order valence-electron chi connectivity index (χ0n) is 9.46. The highest BCUT2D eigenvalue weighted by Crippen LogP contribution is 2.14. The first kappa shape index (κ1) is 11.1. The maximum Gasteiger partial charge on any atom is 0.410 e. The molecule has 1 aliphatic rings. The molecule has 0 aromatic heterocycles. The van der Waals surface area contributed by atoms with Gasteiger partial charge in [0.1, 0.15) is 5.60 Å². The summed E-state index contributed by atoms with van der Waals surface area (Å²) in [5.74, 6) is 0. The van der Waals surface area contributed by atoms with Crippen LogP contribution in [0.3, 0.4) is 0 Å². The highest BCUT2D eigenvalue weighted by atomic mass is 16.6. The van der Waals surface area contributed by atoms with Crippen LogP contribution in [-0.4, -0.2) is 29.7 Å². The van der Waals surface area contributed by atoms with Crippen LogP contribution < -0.4 is 0 Å². The van der Waals surface area contributed by atoms with E-state index in [-0.39, 0.29) is 6.09 Å². The van der Waals surface area contributed by atoms with Crippen molar-refractivity contribution in [2.45, 2.75) is 39.7 Å². The van der Waals surface area contributed by atoms with Gasteiger partial charge in [-0.15, -0.1) is 0 Å². The van der Waals surface area contributed by atoms with Gasteiger partial charge in [-0.05, 0) is 34.1 Å². The molecule has 0 bridgehead atoms. The lowest BCUT2D eigenvalue weighted by Crippen LogP contribution is -2.39. The lowest BCUT2D eigenvalue weighted by atomic mass is 10.1. The lowest BCUT2D eigenvalue weighted by Gasteiger charge is -2.29. The Balaban J connectivity index is 2.50. The second-order valence-corrected chi connectivity index (χ2v) is 4.74. The minimum atomic E-state index is -0.397. The molecule has 0 unspecified atom stereocenters. The molecule has 80 valence electrons. The molecule has 3 heteroatoms. The molecule has 3 nitrogen and oxygen atoms in total. The Labute approximate surface area is 85.7 Å². The minimum Gasteiger partial charge on any atom is -0.444 e. The van der Waals surface area contributed by atoms with Crippen molar-refractivity contribution in [1.29, 1.82) is 0 Å². The summed E-state index contributed by atoms with van der Waals surface area (Å²) in [5.41, 5.74) is 0.841. The number of ether oxygens (including phenoxy) is 1. The average molecular weight is 197 g/mol. The van der Waals surface area contributed by atoms with Crippen molar-refractivity contribution in [1.82, 2.24) is 4.90 Å². The molecule has 14 heavy (non-hydrogen) atoms. The SMILES string of the molecule is CC1=CCCN(C(=O)OC(C)(C)C)C1. The minimum absolute atomic E-state index is 0.204. The van der Waals surface area contributed by atoms with Crippen molar-refractivity contribution in [3.05, 3.63) is 11.6 Å². The molecule has 1 aliphatic heterocycles. The van der Waals surface area contributed by atoms with E-state index in [1.807, 2.05) is 27.7 Å². The van der Waals surface area contributed by atoms with E-state index in [1.165, 1.54) is 5.57 Å². The molecule has 1 amide bonds. The van der Waals surface area contributed by atoms with E-state index < -0.39 is 5.60 Å². The molecule has 0 fully saturated rings. The lowest BCUT2D eigenvalue weighted by molar-refractivity contribution is 0.0262. The first-order chi connectivity index (χ1) is 6.38. The first-order valence-corrected chi connectivity index (χ1v) is 5.02. The number of nitrogens with zero attached hydrogens (tertiary/aromatic N) is 1. The molecule has 0 atom stereocenters. The maximum absolute atomic E-state index is 11.6. The molecule has 0 aromatic carbocycles. The predicted molar refractivity (Wildman–Crippen MR) is 56.2 cm³/mol. The number of hydrogen-bond acceptors (Lipinski definition) is 2. The quantitative estimate of drug-likeness (QED) is 0.558. The van der Waals surface area contributed by atoms with E-state index in [0.717, 1.165) is 13.0 Å². The van der Waals surface area contributed by atoms with Crippen molar-refractivity contribution in [3.8, 4) is 0 Å². The van der Waals surface area contributed by atoms with Crippen molar-refractivity contribution in [3.63, 3.8) is 0 Å². The fourth-order valence-corrected chi connectivity index (χ4v) is 1.39. The van der Waals surface area contributed by atoms with E-state index in [0.29, 0.717) is 6.54 Å². The van der Waals surface area contributed by atoms with Crippen LogP contribution in [0.15, 0.2) is 11.6 Å². The van der Waals surface area contributed by atoms with Crippen molar-refractivity contribution in [2.75, 3.05) is 13.1 Å². The van der Waals surface area contributed by atoms with Crippen molar-refractivity contribution >= 4 is 6.09 Å². The fraction of sp³-hybridized carbons (Fsp3) is 0.727. The summed E-state index contributed by atoms with van der Waals surface area (Å²) in [6, 6.07) is 0. The highest BCUT2D eigenvalue weighted by Gasteiger charge is 2.22. The van der Waals surface area contributed by atoms with Gasteiger partial charge in [0.2, 0.25) is 0 Å². The van der Waals surface area contributed by atoms with Crippen LogP contribution in [0.2, 0.25) is 0 Å². The van der Waals surface area contributed by atoms with E-state index in [9.17, 15) is 4.79 Å². The third-order valence-corrected chi connectivity index (χ3v) is 1.98. The highest BCUT2D eigenvalue weighted by molar-refractivity contribution is 5.68. The Morgan fingerprint density at radius 1 is 1.50 bits per heavy atom. The smallest absolute Gasteiger partial charge is 0.410 e. The van der Waals surface area contributed by atoms with E-state index >= 15 is 0 Å². The van der Waals surface area contributed by atoms with Gasteiger partial charge in [-0.2, -0.15) is 0 Å². The van der Waals surface area contributed by atoms with Crippen LogP contribution in [-0.2, 0) is 4.74 Å². The summed E-state index contributed by atoms with van der Waals surface area (Å²) in [4.78, 5) is 13.4. The van der Waals surface area contributed by atoms with E-state index in [4.69, 9.17) is 4.74 Å². The van der Waals surface area contributed by atoms with Gasteiger partial charge in [0, 0.05) is 13.1 Å². The van der Waals surface area contributed by atoms with Gasteiger partial charge >= 0.3 is 6.09 Å². The zero-order valence-corrected chi connectivity index (χ0v) is 9.46. The molecule has 0 spiro atoms. The number of carbonyl (C=O) groups excluding carboxylic acids is 1. The van der Waals surface area contributed by atoms with Gasteiger partial charge < -0.3 is 9.64 Å². The third-order valence-electron chi connectivity index (χ3n) is 1.98. The molecule has 0 radical (unpaired) electrons. The van der Waals surface area contributed by atoms with Gasteiger partial charge in [0.15, 0.2) is 0 Å². The number of rotatable bonds is 0. The maximum atomic E-state index is 11.6. The molecule has 0 aliphatic carbocycles. The van der Waals surface area contributed by atoms with Crippen LogP contribution in [0.1, 0.15) is 34.1 Å². The van der Waals surface area contributed by atoms with Crippen LogP contribution in [0, 0.1) is 0 Å². The predicted octanol–water partition coefficient (Wildman–Crippen LogP) is 2.57. The molecular weight excluding hydrogens is 178 g/mol. The zero-order chi connectivity index (χ0) is 10.8. The Hall–Kier alpha value is -0.990. The molecule has 0 aromatic rings. The second-order valence-electron chi connectivity index (χ2n) is 4.74. The molecule has 0 saturated heterocycles. The molecule has 1 heterocycles. The summed E-state index contributed by atoms with van der Waals surface area (Å²) < 4.78 is 5.29. The van der Waals surface area contributed by atoms with Crippen LogP contribution >= 0.6 is 0 Å². The van der Waals surface area contributed by atoms with E-state index in [1.54, 1.807) is 4.90 Å². The monoisotopic (exact) mass is 197 g/mol. The largest absolute Gasteiger partial charge is 0.444 e. The second kappa shape index (κ2) is 4.03. The fourth-order valence-electron chi connectivity index (χ4n) is 1.39. The summed E-state index contributed by atoms with van der Waals surface area (Å²) in [5, 5.41) is 0. The Bertz CT molecular complexity index is 251. The standard InChI is InChI=1S/C11H19NO2/c1-9-6-5-7-12(8-9)10(13)14-11(2,3)4/h6H,5,7-8H2,1-4H3. The number of hydrogen-bond donors (Lipinski definition) is 0. The molecule has 0 saturated carbocycles. The van der Waals surface area contributed by atoms with Gasteiger partial charge in [0.05, 0.1) is 0 Å². The topological polar surface area (TPSA) is 29.5 Å². The molecule has 0 N–H and O–H groups in total. The van der Waals surface area contributed by atoms with Crippen LogP contribution in [0.25, 0.3) is 0 Å². The third kappa shape index (κ3) is 3.40. The van der Waals surface area contributed by atoms with Crippen molar-refractivity contribution < 1.29 is 9.53 Å². The summed E-state index contributed by atoms with van der Waals surface area (Å²) in [6.07, 6.45) is 2.90. The van der Waals surface area contributed by atoms with Gasteiger partial charge in [-0.3, -0.25) is 0 Å². The number of carbonyl (C=O) groups is 1. The Morgan fingerprint density at radius 3 is 2.64 bits per heavy atom. The molecule has 1 rings (SSSR count).